The van der Waals surface area contributed by atoms with Crippen molar-refractivity contribution < 1.29 is 0 Å². The minimum atomic E-state index is 0.431. The molecule has 0 aliphatic heterocycles. The van der Waals surface area contributed by atoms with E-state index < -0.39 is 0 Å². The molecule has 1 atom stereocenters. The van der Waals surface area contributed by atoms with Crippen molar-refractivity contribution in [1.82, 2.24) is 15.6 Å². The van der Waals surface area contributed by atoms with E-state index >= 15 is 0 Å². The van der Waals surface area contributed by atoms with Gasteiger partial charge in [0.2, 0.25) is 0 Å². The van der Waals surface area contributed by atoms with Gasteiger partial charge in [-0.1, -0.05) is 36.8 Å². The summed E-state index contributed by atoms with van der Waals surface area (Å²) < 4.78 is 0. The molecule has 1 aromatic heterocycles. The molecule has 0 bridgehead atoms. The Morgan fingerprint density at radius 3 is 2.78 bits per heavy atom. The van der Waals surface area contributed by atoms with Crippen molar-refractivity contribution in [3.8, 4) is 0 Å². The van der Waals surface area contributed by atoms with Gasteiger partial charge in [-0.05, 0) is 32.3 Å². The van der Waals surface area contributed by atoms with Gasteiger partial charge < -0.3 is 10.6 Å². The van der Waals surface area contributed by atoms with Crippen molar-refractivity contribution >= 4 is 17.3 Å². The summed E-state index contributed by atoms with van der Waals surface area (Å²) in [6.45, 7) is 10.8. The third-order valence-electron chi connectivity index (χ3n) is 3.57. The highest BCUT2D eigenvalue weighted by molar-refractivity contribution is 7.11. The second-order valence-corrected chi connectivity index (χ2v) is 7.08. The van der Waals surface area contributed by atoms with Gasteiger partial charge in [0.25, 0.3) is 0 Å². The van der Waals surface area contributed by atoms with Gasteiger partial charge in [0.15, 0.2) is 5.96 Å². The quantitative estimate of drug-likeness (QED) is 0.628. The molecule has 0 aliphatic rings. The zero-order chi connectivity index (χ0) is 16.7. The molecule has 124 valence electrons. The Balaban J connectivity index is 1.93. The van der Waals surface area contributed by atoms with Crippen LogP contribution in [0.1, 0.15) is 40.8 Å². The van der Waals surface area contributed by atoms with Crippen LogP contribution in [-0.4, -0.2) is 24.0 Å². The number of nitrogens with one attached hydrogen (secondary N) is 2. The van der Waals surface area contributed by atoms with E-state index in [4.69, 9.17) is 0 Å². The van der Waals surface area contributed by atoms with Gasteiger partial charge in [0, 0.05) is 24.2 Å². The maximum atomic E-state index is 4.62. The van der Waals surface area contributed by atoms with E-state index in [9.17, 15) is 0 Å². The zero-order valence-electron chi connectivity index (χ0n) is 14.4. The van der Waals surface area contributed by atoms with Gasteiger partial charge in [-0.25, -0.2) is 9.98 Å². The minimum absolute atomic E-state index is 0.431. The summed E-state index contributed by atoms with van der Waals surface area (Å²) >= 11 is 1.70. The summed E-state index contributed by atoms with van der Waals surface area (Å²) in [7, 11) is 0. The Bertz CT molecular complexity index is 648. The van der Waals surface area contributed by atoms with Crippen molar-refractivity contribution in [3.63, 3.8) is 0 Å². The average molecular weight is 331 g/mol. The predicted octanol–water partition coefficient (Wildman–Crippen LogP) is 3.62. The maximum absolute atomic E-state index is 4.62. The van der Waals surface area contributed by atoms with Gasteiger partial charge in [0.05, 0.1) is 6.54 Å². The first-order chi connectivity index (χ1) is 11.1. The normalized spacial score (nSPS) is 13.0. The molecule has 0 radical (unpaired) electrons. The molecule has 4 nitrogen and oxygen atoms in total. The largest absolute Gasteiger partial charge is 0.357 e. The molecule has 1 unspecified atom stereocenters. The summed E-state index contributed by atoms with van der Waals surface area (Å²) in [6, 6.07) is 8.67. The molecule has 2 N–H and O–H groups in total. The number of aryl methyl sites for hydroxylation is 2. The Hall–Kier alpha value is -1.88. The van der Waals surface area contributed by atoms with E-state index in [1.165, 1.54) is 16.0 Å². The molecule has 0 saturated heterocycles. The van der Waals surface area contributed by atoms with E-state index in [1.807, 2.05) is 6.20 Å². The maximum Gasteiger partial charge on any atom is 0.191 e. The molecule has 1 heterocycles. The number of rotatable bonds is 6. The molecule has 0 amide bonds. The van der Waals surface area contributed by atoms with Crippen LogP contribution in [0.3, 0.4) is 0 Å². The fourth-order valence-corrected chi connectivity index (χ4v) is 3.02. The molecule has 0 saturated carbocycles. The van der Waals surface area contributed by atoms with E-state index in [1.54, 1.807) is 11.3 Å². The van der Waals surface area contributed by atoms with Crippen molar-refractivity contribution in [2.24, 2.45) is 4.99 Å². The fourth-order valence-electron chi connectivity index (χ4n) is 2.31. The molecule has 2 rings (SSSR count). The highest BCUT2D eigenvalue weighted by atomic mass is 32.1. The first-order valence-corrected chi connectivity index (χ1v) is 8.90. The van der Waals surface area contributed by atoms with Crippen molar-refractivity contribution in [2.75, 3.05) is 13.1 Å². The van der Waals surface area contributed by atoms with Crippen LogP contribution in [0.25, 0.3) is 0 Å². The van der Waals surface area contributed by atoms with Crippen LogP contribution in [0.5, 0.6) is 0 Å². The lowest BCUT2D eigenvalue weighted by Gasteiger charge is -2.16. The van der Waals surface area contributed by atoms with Crippen molar-refractivity contribution in [2.45, 2.75) is 40.2 Å². The van der Waals surface area contributed by atoms with Crippen LogP contribution in [0.4, 0.5) is 0 Å². The molecule has 0 spiro atoms. The molecule has 1 aromatic carbocycles. The molecule has 0 aliphatic carbocycles. The van der Waals surface area contributed by atoms with E-state index in [0.29, 0.717) is 12.5 Å². The van der Waals surface area contributed by atoms with Crippen molar-refractivity contribution in [3.05, 3.63) is 51.5 Å². The van der Waals surface area contributed by atoms with E-state index in [-0.39, 0.29) is 0 Å². The topological polar surface area (TPSA) is 49.3 Å². The minimum Gasteiger partial charge on any atom is -0.357 e. The van der Waals surface area contributed by atoms with Gasteiger partial charge in [-0.15, -0.1) is 11.3 Å². The second-order valence-electron chi connectivity index (χ2n) is 5.76. The molecular weight excluding hydrogens is 304 g/mol. The second kappa shape index (κ2) is 8.67. The number of hydrogen-bond acceptors (Lipinski definition) is 3. The first-order valence-electron chi connectivity index (χ1n) is 8.08. The predicted molar refractivity (Wildman–Crippen MR) is 99.3 cm³/mol. The summed E-state index contributed by atoms with van der Waals surface area (Å²) in [4.78, 5) is 10.2. The van der Waals surface area contributed by atoms with Gasteiger partial charge in [-0.2, -0.15) is 0 Å². The average Bonchev–Trinajstić information content (AvgIpc) is 2.95. The third kappa shape index (κ3) is 5.67. The highest BCUT2D eigenvalue weighted by Crippen LogP contribution is 2.15. The lowest BCUT2D eigenvalue weighted by molar-refractivity contribution is 0.699. The summed E-state index contributed by atoms with van der Waals surface area (Å²) in [5.41, 5.74) is 2.65. The zero-order valence-corrected chi connectivity index (χ0v) is 15.2. The first kappa shape index (κ1) is 17.5. The monoisotopic (exact) mass is 330 g/mol. The van der Waals surface area contributed by atoms with Crippen LogP contribution in [0.2, 0.25) is 0 Å². The number of hydrogen-bond donors (Lipinski definition) is 2. The Morgan fingerprint density at radius 2 is 2.13 bits per heavy atom. The molecular formula is C18H26N4S. The van der Waals surface area contributed by atoms with E-state index in [2.05, 4.69) is 72.6 Å². The summed E-state index contributed by atoms with van der Waals surface area (Å²) in [6.07, 6.45) is 1.90. The van der Waals surface area contributed by atoms with Crippen LogP contribution < -0.4 is 10.6 Å². The SMILES string of the molecule is CCNC(=NCc1ncc(C)s1)NCC(C)c1cccc(C)c1. The number of thiazole rings is 1. The lowest BCUT2D eigenvalue weighted by Crippen LogP contribution is -2.39. The lowest BCUT2D eigenvalue weighted by atomic mass is 9.99. The molecule has 2 aromatic rings. The van der Waals surface area contributed by atoms with Crippen LogP contribution in [-0.2, 0) is 6.54 Å². The molecule has 5 heteroatoms. The van der Waals surface area contributed by atoms with Crippen molar-refractivity contribution in [1.29, 1.82) is 0 Å². The number of aliphatic imine (C=N–C) groups is 1. The third-order valence-corrected chi connectivity index (χ3v) is 4.47. The molecule has 0 fully saturated rings. The summed E-state index contributed by atoms with van der Waals surface area (Å²) in [5, 5.41) is 7.77. The Labute approximate surface area is 143 Å². The number of aromatic nitrogens is 1. The van der Waals surface area contributed by atoms with Gasteiger partial charge >= 0.3 is 0 Å². The highest BCUT2D eigenvalue weighted by Gasteiger charge is 2.07. The number of nitrogens with zero attached hydrogens (tertiary/aromatic N) is 2. The molecule has 23 heavy (non-hydrogen) atoms. The smallest absolute Gasteiger partial charge is 0.191 e. The van der Waals surface area contributed by atoms with Gasteiger partial charge in [0.1, 0.15) is 5.01 Å². The van der Waals surface area contributed by atoms with E-state index in [0.717, 1.165) is 24.1 Å². The standard InChI is InChI=1S/C18H26N4S/c1-5-19-18(22-12-17-20-11-15(4)23-17)21-10-14(3)16-8-6-7-13(2)9-16/h6-9,11,14H,5,10,12H2,1-4H3,(H2,19,21,22). The Kier molecular flexibility index (Phi) is 6.59. The Morgan fingerprint density at radius 1 is 1.30 bits per heavy atom. The van der Waals surface area contributed by atoms with Gasteiger partial charge in [-0.3, -0.25) is 0 Å². The number of benzene rings is 1. The van der Waals surface area contributed by atoms with Crippen LogP contribution in [0.15, 0.2) is 35.5 Å². The fraction of sp³-hybridized carbons (Fsp3) is 0.444. The summed E-state index contributed by atoms with van der Waals surface area (Å²) in [5.74, 6) is 1.28. The van der Waals surface area contributed by atoms with Crippen LogP contribution in [0, 0.1) is 13.8 Å². The number of guanidine groups is 1. The van der Waals surface area contributed by atoms with Crippen LogP contribution >= 0.6 is 11.3 Å².